The van der Waals surface area contributed by atoms with Gasteiger partial charge in [-0.25, -0.2) is 13.2 Å². The van der Waals surface area contributed by atoms with Gasteiger partial charge >= 0.3 is 5.97 Å². The fraction of sp³-hybridized carbons (Fsp3) is 0.316. The van der Waals surface area contributed by atoms with Crippen molar-refractivity contribution in [3.8, 4) is 5.75 Å². The first kappa shape index (κ1) is 19.9. The molecular formula is C19H21NO5S2. The minimum absolute atomic E-state index is 0.0830. The number of carbonyl (C=O) groups excluding carboxylic acids is 1. The van der Waals surface area contributed by atoms with Gasteiger partial charge in [0.2, 0.25) is 10.0 Å². The Labute approximate surface area is 163 Å². The van der Waals surface area contributed by atoms with Gasteiger partial charge in [-0.1, -0.05) is 6.07 Å². The van der Waals surface area contributed by atoms with E-state index in [1.807, 2.05) is 18.4 Å². The number of nitrogens with zero attached hydrogens (tertiary/aromatic N) is 1. The smallest absolute Gasteiger partial charge is 0.343 e. The quantitative estimate of drug-likeness (QED) is 0.431. The van der Waals surface area contributed by atoms with E-state index in [9.17, 15) is 13.2 Å². The summed E-state index contributed by atoms with van der Waals surface area (Å²) in [6.45, 7) is 3.09. The molecule has 1 aliphatic rings. The van der Waals surface area contributed by atoms with Crippen LogP contribution in [-0.2, 0) is 14.8 Å². The minimum Gasteiger partial charge on any atom is -0.423 e. The highest BCUT2D eigenvalue weighted by Crippen LogP contribution is 2.23. The van der Waals surface area contributed by atoms with E-state index in [0.717, 1.165) is 4.90 Å². The molecule has 1 saturated heterocycles. The molecule has 0 atom stereocenters. The lowest BCUT2D eigenvalue weighted by atomic mass is 10.1. The molecule has 2 aromatic carbocycles. The third-order valence-electron chi connectivity index (χ3n) is 4.31. The van der Waals surface area contributed by atoms with E-state index in [-0.39, 0.29) is 10.5 Å². The van der Waals surface area contributed by atoms with Gasteiger partial charge in [0.25, 0.3) is 0 Å². The summed E-state index contributed by atoms with van der Waals surface area (Å²) >= 11 is 1.59. The Bertz CT molecular complexity index is 920. The molecule has 1 heterocycles. The van der Waals surface area contributed by atoms with Crippen LogP contribution in [0.15, 0.2) is 52.3 Å². The highest BCUT2D eigenvalue weighted by Gasteiger charge is 2.27. The summed E-state index contributed by atoms with van der Waals surface area (Å²) in [7, 11) is -3.67. The van der Waals surface area contributed by atoms with Gasteiger partial charge in [0.1, 0.15) is 5.75 Å². The molecule has 8 heteroatoms. The maximum Gasteiger partial charge on any atom is 0.343 e. The lowest BCUT2D eigenvalue weighted by Crippen LogP contribution is -2.40. The van der Waals surface area contributed by atoms with Crippen LogP contribution in [0.1, 0.15) is 15.9 Å². The van der Waals surface area contributed by atoms with Crippen LogP contribution in [0.5, 0.6) is 5.75 Å². The van der Waals surface area contributed by atoms with Crippen LogP contribution in [0.25, 0.3) is 0 Å². The highest BCUT2D eigenvalue weighted by molar-refractivity contribution is 7.98. The van der Waals surface area contributed by atoms with Crippen LogP contribution in [0.4, 0.5) is 0 Å². The van der Waals surface area contributed by atoms with Crippen LogP contribution < -0.4 is 4.74 Å². The molecular weight excluding hydrogens is 386 g/mol. The first-order valence-electron chi connectivity index (χ1n) is 8.46. The Kier molecular flexibility index (Phi) is 6.21. The molecule has 1 fully saturated rings. The molecule has 0 spiro atoms. The molecule has 6 nitrogen and oxygen atoms in total. The lowest BCUT2D eigenvalue weighted by molar-refractivity contribution is 0.0727. The molecule has 27 heavy (non-hydrogen) atoms. The molecule has 1 aliphatic heterocycles. The van der Waals surface area contributed by atoms with Crippen molar-refractivity contribution in [3.63, 3.8) is 0 Å². The molecule has 144 valence electrons. The monoisotopic (exact) mass is 407 g/mol. The third kappa shape index (κ3) is 4.52. The van der Waals surface area contributed by atoms with Crippen molar-refractivity contribution in [1.82, 2.24) is 4.31 Å². The Hall–Kier alpha value is -1.87. The number of sulfonamides is 1. The van der Waals surface area contributed by atoms with Crippen molar-refractivity contribution in [1.29, 1.82) is 0 Å². The average Bonchev–Trinajstić information content (AvgIpc) is 2.69. The second-order valence-corrected chi connectivity index (χ2v) is 8.88. The Balaban J connectivity index is 1.84. The number of esters is 1. The number of rotatable bonds is 5. The van der Waals surface area contributed by atoms with Crippen LogP contribution in [-0.4, -0.2) is 51.3 Å². The molecule has 0 radical (unpaired) electrons. The zero-order valence-electron chi connectivity index (χ0n) is 15.2. The van der Waals surface area contributed by atoms with E-state index in [1.165, 1.54) is 16.4 Å². The number of hydrogen-bond donors (Lipinski definition) is 0. The summed E-state index contributed by atoms with van der Waals surface area (Å²) in [6, 6.07) is 11.7. The van der Waals surface area contributed by atoms with E-state index < -0.39 is 16.0 Å². The predicted molar refractivity (Wildman–Crippen MR) is 104 cm³/mol. The number of thioether (sulfide) groups is 1. The normalized spacial score (nSPS) is 15.5. The van der Waals surface area contributed by atoms with Gasteiger partial charge in [-0.3, -0.25) is 0 Å². The van der Waals surface area contributed by atoms with E-state index in [0.29, 0.717) is 37.6 Å². The van der Waals surface area contributed by atoms with Gasteiger partial charge in [0.05, 0.1) is 23.7 Å². The highest BCUT2D eigenvalue weighted by atomic mass is 32.2. The number of aryl methyl sites for hydroxylation is 1. The second kappa shape index (κ2) is 8.43. The fourth-order valence-electron chi connectivity index (χ4n) is 2.72. The standard InChI is InChI=1S/C19H21NO5S2/c1-14-3-8-17(27(22,23)20-9-11-24-12-10-20)13-18(14)19(21)25-15-4-6-16(26-2)7-5-15/h3-8,13H,9-12H2,1-2H3. The fourth-order valence-corrected chi connectivity index (χ4v) is 4.57. The maximum atomic E-state index is 12.8. The summed E-state index contributed by atoms with van der Waals surface area (Å²) in [4.78, 5) is 13.7. The third-order valence-corrected chi connectivity index (χ3v) is 6.94. The zero-order valence-corrected chi connectivity index (χ0v) is 16.8. The van der Waals surface area contributed by atoms with Crippen LogP contribution in [0.3, 0.4) is 0 Å². The van der Waals surface area contributed by atoms with E-state index in [2.05, 4.69) is 0 Å². The first-order valence-corrected chi connectivity index (χ1v) is 11.1. The van der Waals surface area contributed by atoms with Crippen LogP contribution >= 0.6 is 11.8 Å². The van der Waals surface area contributed by atoms with E-state index >= 15 is 0 Å². The molecule has 0 aromatic heterocycles. The summed E-state index contributed by atoms with van der Waals surface area (Å²) in [5, 5.41) is 0. The summed E-state index contributed by atoms with van der Waals surface area (Å²) in [5.41, 5.74) is 0.889. The summed E-state index contributed by atoms with van der Waals surface area (Å²) in [5.74, 6) is -0.165. The van der Waals surface area contributed by atoms with Crippen LogP contribution in [0.2, 0.25) is 0 Å². The average molecular weight is 408 g/mol. The largest absolute Gasteiger partial charge is 0.423 e. The lowest BCUT2D eigenvalue weighted by Gasteiger charge is -2.26. The van der Waals surface area contributed by atoms with Gasteiger partial charge in [-0.05, 0) is 55.1 Å². The molecule has 0 aliphatic carbocycles. The summed E-state index contributed by atoms with van der Waals surface area (Å²) in [6.07, 6.45) is 1.96. The number of morpholine rings is 1. The maximum absolute atomic E-state index is 12.8. The molecule has 2 aromatic rings. The van der Waals surface area contributed by atoms with Gasteiger partial charge in [0, 0.05) is 18.0 Å². The number of benzene rings is 2. The number of carbonyl (C=O) groups is 1. The second-order valence-electron chi connectivity index (χ2n) is 6.06. The molecule has 0 saturated carbocycles. The van der Waals surface area contributed by atoms with Crippen molar-refractivity contribution >= 4 is 27.8 Å². The summed E-state index contributed by atoms with van der Waals surface area (Å²) < 4.78 is 37.6. The van der Waals surface area contributed by atoms with E-state index in [4.69, 9.17) is 9.47 Å². The Morgan fingerprint density at radius 3 is 2.41 bits per heavy atom. The predicted octanol–water partition coefficient (Wildman–Crippen LogP) is 2.96. The topological polar surface area (TPSA) is 72.9 Å². The van der Waals surface area contributed by atoms with E-state index in [1.54, 1.807) is 36.9 Å². The molecule has 0 N–H and O–H groups in total. The first-order chi connectivity index (χ1) is 12.9. The molecule has 0 unspecified atom stereocenters. The van der Waals surface area contributed by atoms with Crippen molar-refractivity contribution < 1.29 is 22.7 Å². The van der Waals surface area contributed by atoms with Crippen molar-refractivity contribution in [3.05, 3.63) is 53.6 Å². The number of ether oxygens (including phenoxy) is 2. The minimum atomic E-state index is -3.67. The van der Waals surface area contributed by atoms with Gasteiger partial charge in [-0.15, -0.1) is 11.8 Å². The SMILES string of the molecule is CSc1ccc(OC(=O)c2cc(S(=O)(=O)N3CCOCC3)ccc2C)cc1. The Morgan fingerprint density at radius 1 is 1.11 bits per heavy atom. The number of hydrogen-bond acceptors (Lipinski definition) is 6. The van der Waals surface area contributed by atoms with Crippen LogP contribution in [0, 0.1) is 6.92 Å². The van der Waals surface area contributed by atoms with Gasteiger partial charge in [-0.2, -0.15) is 4.31 Å². The molecule has 3 rings (SSSR count). The van der Waals surface area contributed by atoms with Crippen molar-refractivity contribution in [2.75, 3.05) is 32.6 Å². The molecule has 0 bridgehead atoms. The molecule has 0 amide bonds. The van der Waals surface area contributed by atoms with Crippen molar-refractivity contribution in [2.45, 2.75) is 16.7 Å². The Morgan fingerprint density at radius 2 is 1.78 bits per heavy atom. The van der Waals surface area contributed by atoms with Gasteiger partial charge < -0.3 is 9.47 Å². The van der Waals surface area contributed by atoms with Gasteiger partial charge in [0.15, 0.2) is 0 Å². The zero-order chi connectivity index (χ0) is 19.4. The van der Waals surface area contributed by atoms with Crippen molar-refractivity contribution in [2.24, 2.45) is 0 Å².